The Balaban J connectivity index is 1.75. The average molecular weight is 294 g/mol. The highest BCUT2D eigenvalue weighted by molar-refractivity contribution is 6.31. The van der Waals surface area contributed by atoms with Gasteiger partial charge >= 0.3 is 0 Å². The molecular weight excluding hydrogens is 281 g/mol. The van der Waals surface area contributed by atoms with Crippen LogP contribution < -0.4 is 5.73 Å². The van der Waals surface area contributed by atoms with Crippen LogP contribution in [0.25, 0.3) is 0 Å². The van der Waals surface area contributed by atoms with Crippen LogP contribution in [-0.2, 0) is 6.42 Å². The van der Waals surface area contributed by atoms with Gasteiger partial charge in [-0.1, -0.05) is 35.0 Å². The fourth-order valence-electron chi connectivity index (χ4n) is 2.24. The van der Waals surface area contributed by atoms with E-state index in [-0.39, 0.29) is 17.8 Å². The molecule has 1 aliphatic rings. The highest BCUT2D eigenvalue weighted by Crippen LogP contribution is 2.27. The lowest BCUT2D eigenvalue weighted by Crippen LogP contribution is -2.14. The number of hydrogen-bond acceptors (Lipinski definition) is 4. The Hall–Kier alpha value is -1.72. The third kappa shape index (κ3) is 2.73. The minimum Gasteiger partial charge on any atom is -0.339 e. The van der Waals surface area contributed by atoms with Gasteiger partial charge in [0.05, 0.1) is 5.92 Å². The van der Waals surface area contributed by atoms with E-state index in [0.717, 1.165) is 12.0 Å². The molecule has 2 unspecified atom stereocenters. The lowest BCUT2D eigenvalue weighted by molar-refractivity contribution is 0.360. The van der Waals surface area contributed by atoms with Gasteiger partial charge in [0.15, 0.2) is 5.82 Å². The Bertz CT molecular complexity index is 656. The third-order valence-electron chi connectivity index (χ3n) is 3.28. The zero-order chi connectivity index (χ0) is 14.1. The average Bonchev–Trinajstić information content (AvgIpc) is 3.02. The summed E-state index contributed by atoms with van der Waals surface area (Å²) in [5.74, 6) is 0.803. The van der Waals surface area contributed by atoms with Gasteiger partial charge in [0.25, 0.3) is 0 Å². The van der Waals surface area contributed by atoms with Gasteiger partial charge in [-0.15, -0.1) is 0 Å². The summed E-state index contributed by atoms with van der Waals surface area (Å²) in [7, 11) is 0. The van der Waals surface area contributed by atoms with Gasteiger partial charge in [0.2, 0.25) is 5.89 Å². The topological polar surface area (TPSA) is 64.9 Å². The molecule has 1 aromatic carbocycles. The van der Waals surface area contributed by atoms with Crippen LogP contribution in [0.5, 0.6) is 0 Å². The number of aromatic nitrogens is 2. The number of hydrogen-bond donors (Lipinski definition) is 1. The quantitative estimate of drug-likeness (QED) is 0.884. The molecule has 0 spiro atoms. The molecule has 1 aliphatic carbocycles. The van der Waals surface area contributed by atoms with E-state index in [1.807, 2.05) is 12.2 Å². The van der Waals surface area contributed by atoms with Crippen LogP contribution in [0.4, 0.5) is 4.39 Å². The fourth-order valence-corrected chi connectivity index (χ4v) is 2.47. The summed E-state index contributed by atoms with van der Waals surface area (Å²) in [6, 6.07) is 4.30. The molecule has 0 saturated heterocycles. The molecule has 20 heavy (non-hydrogen) atoms. The molecule has 2 atom stereocenters. The van der Waals surface area contributed by atoms with Gasteiger partial charge in [0, 0.05) is 17.5 Å². The molecule has 0 amide bonds. The first-order valence-corrected chi connectivity index (χ1v) is 6.70. The molecule has 2 N–H and O–H groups in total. The van der Waals surface area contributed by atoms with Crippen LogP contribution in [0.15, 0.2) is 34.9 Å². The minimum absolute atomic E-state index is 0.0434. The fraction of sp³-hybridized carbons (Fsp3) is 0.286. The summed E-state index contributed by atoms with van der Waals surface area (Å²) < 4.78 is 18.2. The van der Waals surface area contributed by atoms with Crippen LogP contribution >= 0.6 is 11.6 Å². The number of halogens is 2. The first kappa shape index (κ1) is 13.3. The van der Waals surface area contributed by atoms with Crippen LogP contribution in [0.3, 0.4) is 0 Å². The molecule has 2 aromatic rings. The first-order valence-electron chi connectivity index (χ1n) is 6.32. The first-order chi connectivity index (χ1) is 9.61. The largest absolute Gasteiger partial charge is 0.339 e. The molecule has 0 radical (unpaired) electrons. The zero-order valence-corrected chi connectivity index (χ0v) is 11.3. The van der Waals surface area contributed by atoms with Gasteiger partial charge < -0.3 is 10.3 Å². The highest BCUT2D eigenvalue weighted by atomic mass is 35.5. The van der Waals surface area contributed by atoms with Crippen molar-refractivity contribution in [1.29, 1.82) is 0 Å². The Morgan fingerprint density at radius 1 is 1.40 bits per heavy atom. The van der Waals surface area contributed by atoms with Crippen molar-refractivity contribution >= 4 is 11.6 Å². The second kappa shape index (κ2) is 5.34. The molecule has 1 heterocycles. The summed E-state index contributed by atoms with van der Waals surface area (Å²) >= 11 is 5.98. The van der Waals surface area contributed by atoms with Crippen molar-refractivity contribution in [1.82, 2.24) is 10.1 Å². The lowest BCUT2D eigenvalue weighted by atomic mass is 10.1. The van der Waals surface area contributed by atoms with E-state index >= 15 is 0 Å². The maximum Gasteiger partial charge on any atom is 0.233 e. The zero-order valence-electron chi connectivity index (χ0n) is 10.6. The van der Waals surface area contributed by atoms with Gasteiger partial charge in [-0.25, -0.2) is 4.39 Å². The Morgan fingerprint density at radius 2 is 2.25 bits per heavy atom. The molecule has 104 valence electrons. The van der Waals surface area contributed by atoms with E-state index < -0.39 is 0 Å². The van der Waals surface area contributed by atoms with Crippen molar-refractivity contribution in [3.05, 3.63) is 58.5 Å². The van der Waals surface area contributed by atoms with E-state index in [1.165, 1.54) is 12.1 Å². The summed E-state index contributed by atoms with van der Waals surface area (Å²) in [5, 5.41) is 4.29. The van der Waals surface area contributed by atoms with Gasteiger partial charge in [0.1, 0.15) is 5.82 Å². The van der Waals surface area contributed by atoms with Crippen molar-refractivity contribution in [3.63, 3.8) is 0 Å². The molecular formula is C14H13ClFN3O. The van der Waals surface area contributed by atoms with E-state index in [9.17, 15) is 4.39 Å². The molecule has 0 saturated carbocycles. The van der Waals surface area contributed by atoms with E-state index in [0.29, 0.717) is 23.2 Å². The minimum atomic E-state index is -0.363. The normalized spacial score (nSPS) is 21.6. The smallest absolute Gasteiger partial charge is 0.233 e. The Kier molecular flexibility index (Phi) is 3.54. The summed E-state index contributed by atoms with van der Waals surface area (Å²) in [6.45, 7) is 0. The Labute approximate surface area is 120 Å². The molecule has 0 bridgehead atoms. The van der Waals surface area contributed by atoms with E-state index in [4.69, 9.17) is 21.9 Å². The van der Waals surface area contributed by atoms with Crippen LogP contribution in [0, 0.1) is 5.82 Å². The van der Waals surface area contributed by atoms with E-state index in [2.05, 4.69) is 10.1 Å². The van der Waals surface area contributed by atoms with Crippen LogP contribution in [0.1, 0.15) is 29.6 Å². The molecule has 0 fully saturated rings. The van der Waals surface area contributed by atoms with Crippen molar-refractivity contribution in [2.24, 2.45) is 5.73 Å². The summed E-state index contributed by atoms with van der Waals surface area (Å²) in [5.41, 5.74) is 6.56. The molecule has 4 nitrogen and oxygen atoms in total. The lowest BCUT2D eigenvalue weighted by Gasteiger charge is -2.02. The van der Waals surface area contributed by atoms with Gasteiger partial charge in [-0.2, -0.15) is 4.98 Å². The maximum atomic E-state index is 13.0. The predicted molar refractivity (Wildman–Crippen MR) is 73.0 cm³/mol. The second-order valence-electron chi connectivity index (χ2n) is 4.85. The molecule has 6 heteroatoms. The van der Waals surface area contributed by atoms with Crippen molar-refractivity contribution in [3.8, 4) is 0 Å². The number of rotatable bonds is 3. The monoisotopic (exact) mass is 293 g/mol. The van der Waals surface area contributed by atoms with Crippen molar-refractivity contribution in [2.75, 3.05) is 0 Å². The second-order valence-corrected chi connectivity index (χ2v) is 5.26. The maximum absolute atomic E-state index is 13.0. The standard InChI is InChI=1S/C14H13ClFN3O/c15-12-7-10(16)3-1-8(12)6-13-18-14(20-19-13)9-2-4-11(17)5-9/h1-4,7,9,11H,5-6,17H2. The summed E-state index contributed by atoms with van der Waals surface area (Å²) in [4.78, 5) is 4.35. The highest BCUT2D eigenvalue weighted by Gasteiger charge is 2.23. The molecule has 0 aliphatic heterocycles. The number of benzene rings is 1. The SMILES string of the molecule is NC1C=CC(c2nc(Cc3ccc(F)cc3Cl)no2)C1. The van der Waals surface area contributed by atoms with Gasteiger partial charge in [-0.3, -0.25) is 0 Å². The Morgan fingerprint density at radius 3 is 2.95 bits per heavy atom. The third-order valence-corrected chi connectivity index (χ3v) is 3.63. The van der Waals surface area contributed by atoms with Crippen molar-refractivity contribution in [2.45, 2.75) is 24.8 Å². The summed E-state index contributed by atoms with van der Waals surface area (Å²) in [6.07, 6.45) is 5.10. The molecule has 1 aromatic heterocycles. The van der Waals surface area contributed by atoms with Gasteiger partial charge in [-0.05, 0) is 24.1 Å². The van der Waals surface area contributed by atoms with Crippen LogP contribution in [-0.4, -0.2) is 16.2 Å². The predicted octanol–water partition coefficient (Wildman–Crippen LogP) is 2.82. The van der Waals surface area contributed by atoms with E-state index in [1.54, 1.807) is 6.07 Å². The molecule has 3 rings (SSSR count). The number of allylic oxidation sites excluding steroid dienone is 1. The number of nitrogens with two attached hydrogens (primary N) is 1. The number of nitrogens with zero attached hydrogens (tertiary/aromatic N) is 2. The van der Waals surface area contributed by atoms with Crippen LogP contribution in [0.2, 0.25) is 5.02 Å². The van der Waals surface area contributed by atoms with Crippen molar-refractivity contribution < 1.29 is 8.91 Å².